The summed E-state index contributed by atoms with van der Waals surface area (Å²) < 4.78 is 16.3. The minimum Gasteiger partial charge on any atom is -0.493 e. The fourth-order valence-corrected chi connectivity index (χ4v) is 4.19. The second kappa shape index (κ2) is 10.9. The molecule has 7 nitrogen and oxygen atoms in total. The molecule has 0 bridgehead atoms. The number of anilines is 1. The van der Waals surface area contributed by atoms with E-state index in [0.717, 1.165) is 11.1 Å². The Morgan fingerprint density at radius 1 is 1.00 bits per heavy atom. The molecule has 3 aromatic rings. The van der Waals surface area contributed by atoms with Gasteiger partial charge in [-0.3, -0.25) is 9.69 Å². The summed E-state index contributed by atoms with van der Waals surface area (Å²) in [5.41, 5.74) is 1.92. The molecular formula is C24H29N3O4S. The van der Waals surface area contributed by atoms with Crippen molar-refractivity contribution in [1.29, 1.82) is 0 Å². The highest BCUT2D eigenvalue weighted by Crippen LogP contribution is 2.42. The Labute approximate surface area is 193 Å². The molecule has 32 heavy (non-hydrogen) atoms. The second-order valence-electron chi connectivity index (χ2n) is 7.69. The van der Waals surface area contributed by atoms with Crippen LogP contribution in [0.2, 0.25) is 0 Å². The number of aryl methyl sites for hydroxylation is 1. The average molecular weight is 456 g/mol. The van der Waals surface area contributed by atoms with Crippen molar-refractivity contribution < 1.29 is 19.0 Å². The number of hydrogen-bond acceptors (Lipinski definition) is 7. The molecule has 170 valence electrons. The van der Waals surface area contributed by atoms with E-state index in [1.165, 1.54) is 11.3 Å². The van der Waals surface area contributed by atoms with Gasteiger partial charge in [0.1, 0.15) is 5.01 Å². The van der Waals surface area contributed by atoms with Gasteiger partial charge in [-0.15, -0.1) is 10.2 Å². The molecule has 0 unspecified atom stereocenters. The van der Waals surface area contributed by atoms with E-state index >= 15 is 0 Å². The quantitative estimate of drug-likeness (QED) is 0.435. The predicted molar refractivity (Wildman–Crippen MR) is 127 cm³/mol. The summed E-state index contributed by atoms with van der Waals surface area (Å²) >= 11 is 1.37. The predicted octanol–water partition coefficient (Wildman–Crippen LogP) is 4.85. The molecule has 1 aromatic heterocycles. The number of carbonyl (C=O) groups excluding carboxylic acids is 1. The first-order valence-corrected chi connectivity index (χ1v) is 11.3. The second-order valence-corrected chi connectivity index (χ2v) is 8.64. The maximum Gasteiger partial charge on any atom is 0.229 e. The third kappa shape index (κ3) is 5.56. The summed E-state index contributed by atoms with van der Waals surface area (Å²) in [5.74, 6) is 1.92. The zero-order valence-corrected chi connectivity index (χ0v) is 19.9. The number of hydrogen-bond donors (Lipinski definition) is 0. The van der Waals surface area contributed by atoms with Crippen molar-refractivity contribution in [3.63, 3.8) is 0 Å². The van der Waals surface area contributed by atoms with Crippen LogP contribution in [-0.2, 0) is 11.2 Å². The fourth-order valence-electron chi connectivity index (χ4n) is 3.33. The largest absolute Gasteiger partial charge is 0.493 e. The minimum absolute atomic E-state index is 0.0372. The maximum atomic E-state index is 13.1. The number of amides is 1. The normalized spacial score (nSPS) is 10.8. The van der Waals surface area contributed by atoms with Gasteiger partial charge in [-0.1, -0.05) is 55.5 Å². The number of ether oxygens (including phenoxy) is 3. The molecule has 0 fully saturated rings. The van der Waals surface area contributed by atoms with E-state index in [4.69, 9.17) is 14.2 Å². The van der Waals surface area contributed by atoms with E-state index in [9.17, 15) is 4.79 Å². The molecule has 0 aliphatic carbocycles. The molecule has 0 atom stereocenters. The van der Waals surface area contributed by atoms with Gasteiger partial charge < -0.3 is 14.2 Å². The molecule has 0 aliphatic rings. The Kier molecular flexibility index (Phi) is 8.05. The van der Waals surface area contributed by atoms with E-state index in [2.05, 4.69) is 24.0 Å². The lowest BCUT2D eigenvalue weighted by Gasteiger charge is -2.21. The van der Waals surface area contributed by atoms with Crippen molar-refractivity contribution in [2.24, 2.45) is 5.92 Å². The number of methoxy groups -OCH3 is 3. The van der Waals surface area contributed by atoms with Gasteiger partial charge in [0, 0.05) is 18.5 Å². The summed E-state index contributed by atoms with van der Waals surface area (Å²) in [6.07, 6.45) is 1.10. The first-order chi connectivity index (χ1) is 15.5. The van der Waals surface area contributed by atoms with Crippen LogP contribution in [0.4, 0.5) is 5.13 Å². The van der Waals surface area contributed by atoms with Crippen LogP contribution in [0, 0.1) is 5.92 Å². The van der Waals surface area contributed by atoms with Crippen molar-refractivity contribution in [3.05, 3.63) is 48.0 Å². The molecule has 0 N–H and O–H groups in total. The highest BCUT2D eigenvalue weighted by molar-refractivity contribution is 7.18. The number of rotatable bonds is 10. The van der Waals surface area contributed by atoms with Gasteiger partial charge in [0.2, 0.25) is 16.8 Å². The lowest BCUT2D eigenvalue weighted by molar-refractivity contribution is -0.118. The lowest BCUT2D eigenvalue weighted by atomic mass is 10.1. The highest BCUT2D eigenvalue weighted by atomic mass is 32.1. The Balaban J connectivity index is 1.86. The van der Waals surface area contributed by atoms with Crippen LogP contribution in [0.1, 0.15) is 25.8 Å². The molecule has 0 aliphatic heterocycles. The molecule has 1 amide bonds. The first-order valence-electron chi connectivity index (χ1n) is 10.4. The van der Waals surface area contributed by atoms with Crippen molar-refractivity contribution in [1.82, 2.24) is 10.2 Å². The molecule has 1 heterocycles. The van der Waals surface area contributed by atoms with Crippen LogP contribution in [0.25, 0.3) is 10.6 Å². The number of benzene rings is 2. The maximum absolute atomic E-state index is 13.1. The monoisotopic (exact) mass is 455 g/mol. The van der Waals surface area contributed by atoms with Gasteiger partial charge in [-0.05, 0) is 30.0 Å². The topological polar surface area (TPSA) is 73.8 Å². The van der Waals surface area contributed by atoms with Crippen LogP contribution in [0.15, 0.2) is 42.5 Å². The highest BCUT2D eigenvalue weighted by Gasteiger charge is 2.23. The zero-order valence-electron chi connectivity index (χ0n) is 19.1. The SMILES string of the molecule is COc1cc(-c2nnc(N(CC(C)C)C(=O)CCc3ccccc3)s2)cc(OC)c1OC. The Hall–Kier alpha value is -3.13. The van der Waals surface area contributed by atoms with Crippen molar-refractivity contribution >= 4 is 22.4 Å². The van der Waals surface area contributed by atoms with Crippen LogP contribution in [-0.4, -0.2) is 44.0 Å². The summed E-state index contributed by atoms with van der Waals surface area (Å²) in [6.45, 7) is 4.74. The van der Waals surface area contributed by atoms with Crippen LogP contribution >= 0.6 is 11.3 Å². The molecular weight excluding hydrogens is 426 g/mol. The summed E-state index contributed by atoms with van der Waals surface area (Å²) in [4.78, 5) is 14.8. The molecule has 0 saturated carbocycles. The molecule has 0 spiro atoms. The van der Waals surface area contributed by atoms with Crippen LogP contribution < -0.4 is 19.1 Å². The number of carbonyl (C=O) groups is 1. The fraction of sp³-hybridized carbons (Fsp3) is 0.375. The van der Waals surface area contributed by atoms with Gasteiger partial charge in [0.15, 0.2) is 11.5 Å². The smallest absolute Gasteiger partial charge is 0.229 e. The number of aromatic nitrogens is 2. The Morgan fingerprint density at radius 2 is 1.66 bits per heavy atom. The molecule has 0 saturated heterocycles. The Morgan fingerprint density at radius 3 is 2.22 bits per heavy atom. The van der Waals surface area contributed by atoms with Crippen molar-refractivity contribution in [2.75, 3.05) is 32.8 Å². The van der Waals surface area contributed by atoms with E-state index in [1.807, 2.05) is 42.5 Å². The van der Waals surface area contributed by atoms with Crippen LogP contribution in [0.3, 0.4) is 0 Å². The standard InChI is InChI=1S/C24H29N3O4S/c1-16(2)15-27(21(28)12-11-17-9-7-6-8-10-17)24-26-25-23(32-24)18-13-19(29-3)22(31-5)20(14-18)30-4/h6-10,13-14,16H,11-12,15H2,1-5H3. The van der Waals surface area contributed by atoms with Gasteiger partial charge in [0.05, 0.1) is 21.3 Å². The van der Waals surface area contributed by atoms with Gasteiger partial charge in [-0.25, -0.2) is 0 Å². The molecule has 2 aromatic carbocycles. The molecule has 3 rings (SSSR count). The van der Waals surface area contributed by atoms with Gasteiger partial charge >= 0.3 is 0 Å². The van der Waals surface area contributed by atoms with E-state index < -0.39 is 0 Å². The van der Waals surface area contributed by atoms with Crippen LogP contribution in [0.5, 0.6) is 17.2 Å². The van der Waals surface area contributed by atoms with E-state index in [0.29, 0.717) is 52.7 Å². The van der Waals surface area contributed by atoms with Crippen molar-refractivity contribution in [3.8, 4) is 27.8 Å². The Bertz CT molecular complexity index is 1010. The zero-order chi connectivity index (χ0) is 23.1. The average Bonchev–Trinajstić information content (AvgIpc) is 3.30. The summed E-state index contributed by atoms with van der Waals surface area (Å²) in [7, 11) is 4.71. The molecule has 8 heteroatoms. The van der Waals surface area contributed by atoms with Gasteiger partial charge in [0.25, 0.3) is 0 Å². The summed E-state index contributed by atoms with van der Waals surface area (Å²) in [6, 6.07) is 13.7. The first kappa shape index (κ1) is 23.5. The third-order valence-electron chi connectivity index (χ3n) is 4.88. The van der Waals surface area contributed by atoms with Crippen molar-refractivity contribution in [2.45, 2.75) is 26.7 Å². The van der Waals surface area contributed by atoms with E-state index in [-0.39, 0.29) is 5.91 Å². The minimum atomic E-state index is 0.0372. The molecule has 0 radical (unpaired) electrons. The third-order valence-corrected chi connectivity index (χ3v) is 5.87. The van der Waals surface area contributed by atoms with Gasteiger partial charge in [-0.2, -0.15) is 0 Å². The lowest BCUT2D eigenvalue weighted by Crippen LogP contribution is -2.34. The summed E-state index contributed by atoms with van der Waals surface area (Å²) in [5, 5.41) is 9.93. The van der Waals surface area contributed by atoms with E-state index in [1.54, 1.807) is 26.2 Å². The number of nitrogens with zero attached hydrogens (tertiary/aromatic N) is 3.